The number of carbonyl (C=O) groups is 2. The molecule has 2 heterocycles. The Balaban J connectivity index is 1.20. The topological polar surface area (TPSA) is 87.7 Å². The Hall–Kier alpha value is -2.33. The lowest BCUT2D eigenvalue weighted by atomic mass is 10.1. The fraction of sp³-hybridized carbons (Fsp3) is 0.545. The highest BCUT2D eigenvalue weighted by Gasteiger charge is 2.24. The highest BCUT2D eigenvalue weighted by molar-refractivity contribution is 8.01. The molecule has 0 unspecified atom stereocenters. The Morgan fingerprint density at radius 1 is 1.12 bits per heavy atom. The third-order valence-corrected chi connectivity index (χ3v) is 7.98. The highest BCUT2D eigenvalue weighted by Crippen LogP contribution is 2.29. The van der Waals surface area contributed by atoms with Gasteiger partial charge in [-0.15, -0.1) is 10.2 Å². The predicted octanol–water partition coefficient (Wildman–Crippen LogP) is 2.59. The highest BCUT2D eigenvalue weighted by atomic mass is 32.2. The van der Waals surface area contributed by atoms with Gasteiger partial charge in [-0.2, -0.15) is 0 Å². The first kappa shape index (κ1) is 22.8. The maximum absolute atomic E-state index is 12.7. The van der Waals surface area contributed by atoms with Crippen LogP contribution < -0.4 is 15.0 Å². The lowest BCUT2D eigenvalue weighted by Crippen LogP contribution is -2.49. The molecule has 0 bridgehead atoms. The second-order valence-electron chi connectivity index (χ2n) is 8.08. The number of rotatable bonds is 8. The first-order valence-corrected chi connectivity index (χ1v) is 12.8. The van der Waals surface area contributed by atoms with Crippen molar-refractivity contribution >= 4 is 40.0 Å². The number of nitrogens with zero attached hydrogens (tertiary/aromatic N) is 4. The molecule has 4 rings (SSSR count). The molecule has 1 aromatic heterocycles. The van der Waals surface area contributed by atoms with E-state index in [0.717, 1.165) is 46.7 Å². The number of piperazine rings is 1. The number of carbonyl (C=O) groups excluding carboxylic acids is 2. The maximum atomic E-state index is 12.7. The molecule has 0 atom stereocenters. The van der Waals surface area contributed by atoms with Crippen molar-refractivity contribution in [3.8, 4) is 5.75 Å². The SMILES string of the molecule is COc1ccc(CC(=O)N2CCN(c3nnc(SCC(=O)NC4CCCC4)s3)CC2)cc1. The summed E-state index contributed by atoms with van der Waals surface area (Å²) in [4.78, 5) is 28.8. The van der Waals surface area contributed by atoms with Crippen molar-refractivity contribution in [2.24, 2.45) is 0 Å². The van der Waals surface area contributed by atoms with Crippen molar-refractivity contribution in [3.05, 3.63) is 29.8 Å². The maximum Gasteiger partial charge on any atom is 0.230 e. The van der Waals surface area contributed by atoms with Gasteiger partial charge in [0.25, 0.3) is 0 Å². The number of amides is 2. The number of anilines is 1. The largest absolute Gasteiger partial charge is 0.497 e. The predicted molar refractivity (Wildman–Crippen MR) is 127 cm³/mol. The zero-order chi connectivity index (χ0) is 22.3. The summed E-state index contributed by atoms with van der Waals surface area (Å²) in [6.07, 6.45) is 4.99. The van der Waals surface area contributed by atoms with E-state index < -0.39 is 0 Å². The smallest absolute Gasteiger partial charge is 0.230 e. The summed E-state index contributed by atoms with van der Waals surface area (Å²) in [6, 6.07) is 7.97. The van der Waals surface area contributed by atoms with Gasteiger partial charge in [-0.3, -0.25) is 9.59 Å². The van der Waals surface area contributed by atoms with Crippen LogP contribution in [0.25, 0.3) is 0 Å². The summed E-state index contributed by atoms with van der Waals surface area (Å²) < 4.78 is 5.97. The molecule has 0 spiro atoms. The van der Waals surface area contributed by atoms with Gasteiger partial charge < -0.3 is 19.9 Å². The lowest BCUT2D eigenvalue weighted by molar-refractivity contribution is -0.130. The number of benzene rings is 1. The Morgan fingerprint density at radius 3 is 2.53 bits per heavy atom. The average Bonchev–Trinajstić information content (AvgIpc) is 3.50. The average molecular weight is 476 g/mol. The normalized spacial score (nSPS) is 16.9. The van der Waals surface area contributed by atoms with Crippen LogP contribution in [0.5, 0.6) is 5.75 Å². The van der Waals surface area contributed by atoms with Gasteiger partial charge in [-0.1, -0.05) is 48.1 Å². The fourth-order valence-electron chi connectivity index (χ4n) is 4.03. The molecule has 1 N–H and O–H groups in total. The van der Waals surface area contributed by atoms with Gasteiger partial charge in [0.2, 0.25) is 16.9 Å². The van der Waals surface area contributed by atoms with E-state index in [1.54, 1.807) is 7.11 Å². The van der Waals surface area contributed by atoms with Gasteiger partial charge in [0, 0.05) is 32.2 Å². The second kappa shape index (κ2) is 11.0. The van der Waals surface area contributed by atoms with Crippen molar-refractivity contribution in [3.63, 3.8) is 0 Å². The number of hydrogen-bond acceptors (Lipinski definition) is 8. The van der Waals surface area contributed by atoms with Crippen molar-refractivity contribution in [1.29, 1.82) is 0 Å². The van der Waals surface area contributed by atoms with Crippen molar-refractivity contribution in [1.82, 2.24) is 20.4 Å². The molecule has 8 nitrogen and oxygen atoms in total. The summed E-state index contributed by atoms with van der Waals surface area (Å²) in [5.41, 5.74) is 0.987. The molecule has 2 aliphatic rings. The van der Waals surface area contributed by atoms with E-state index >= 15 is 0 Å². The number of nitrogens with one attached hydrogen (secondary N) is 1. The van der Waals surface area contributed by atoms with Crippen LogP contribution in [0.15, 0.2) is 28.6 Å². The Morgan fingerprint density at radius 2 is 1.84 bits per heavy atom. The molecular formula is C22H29N5O3S2. The molecule has 2 amide bonds. The molecule has 2 aromatic rings. The molecule has 1 aliphatic carbocycles. The molecule has 1 aromatic carbocycles. The van der Waals surface area contributed by atoms with Crippen LogP contribution in [0.2, 0.25) is 0 Å². The Kier molecular flexibility index (Phi) is 7.85. The van der Waals surface area contributed by atoms with E-state index in [1.165, 1.54) is 35.9 Å². The molecule has 172 valence electrons. The summed E-state index contributed by atoms with van der Waals surface area (Å²) >= 11 is 2.95. The molecular weight excluding hydrogens is 446 g/mol. The lowest BCUT2D eigenvalue weighted by Gasteiger charge is -2.34. The van der Waals surface area contributed by atoms with Crippen molar-refractivity contribution < 1.29 is 14.3 Å². The fourth-order valence-corrected chi connectivity index (χ4v) is 5.74. The first-order valence-electron chi connectivity index (χ1n) is 11.0. The standard InChI is InChI=1S/C22H29N5O3S2/c1-30-18-8-6-16(7-9-18)14-20(29)26-10-12-27(13-11-26)21-24-25-22(32-21)31-15-19(28)23-17-4-2-3-5-17/h6-9,17H,2-5,10-15H2,1H3,(H,23,28). The molecule has 1 saturated carbocycles. The first-order chi connectivity index (χ1) is 15.6. The summed E-state index contributed by atoms with van der Waals surface area (Å²) in [5.74, 6) is 1.37. The summed E-state index contributed by atoms with van der Waals surface area (Å²) in [6.45, 7) is 2.80. The number of hydrogen-bond donors (Lipinski definition) is 1. The van der Waals surface area contributed by atoms with Crippen LogP contribution >= 0.6 is 23.1 Å². The summed E-state index contributed by atoms with van der Waals surface area (Å²) in [7, 11) is 1.63. The minimum atomic E-state index is 0.0719. The van der Waals surface area contributed by atoms with Gasteiger partial charge in [0.1, 0.15) is 5.75 Å². The number of thioether (sulfide) groups is 1. The van der Waals surface area contributed by atoms with Crippen LogP contribution in [-0.2, 0) is 16.0 Å². The van der Waals surface area contributed by atoms with Crippen LogP contribution in [0.3, 0.4) is 0 Å². The molecule has 1 saturated heterocycles. The van der Waals surface area contributed by atoms with E-state index in [4.69, 9.17) is 4.74 Å². The van der Waals surface area contributed by atoms with Crippen molar-refractivity contribution in [2.45, 2.75) is 42.5 Å². The van der Waals surface area contributed by atoms with Crippen LogP contribution in [0.4, 0.5) is 5.13 Å². The summed E-state index contributed by atoms with van der Waals surface area (Å²) in [5, 5.41) is 12.5. The van der Waals surface area contributed by atoms with E-state index in [0.29, 0.717) is 31.3 Å². The van der Waals surface area contributed by atoms with Crippen LogP contribution in [0, 0.1) is 0 Å². The molecule has 10 heteroatoms. The van der Waals surface area contributed by atoms with E-state index in [9.17, 15) is 9.59 Å². The van der Waals surface area contributed by atoms with E-state index in [1.807, 2.05) is 29.2 Å². The van der Waals surface area contributed by atoms with E-state index in [2.05, 4.69) is 20.4 Å². The minimum absolute atomic E-state index is 0.0719. The third kappa shape index (κ3) is 6.13. The quantitative estimate of drug-likeness (QED) is 0.587. The van der Waals surface area contributed by atoms with Gasteiger partial charge in [0.05, 0.1) is 19.3 Å². The van der Waals surface area contributed by atoms with Gasteiger partial charge in [-0.25, -0.2) is 0 Å². The van der Waals surface area contributed by atoms with Gasteiger partial charge in [0.15, 0.2) is 4.34 Å². The molecule has 32 heavy (non-hydrogen) atoms. The zero-order valence-corrected chi connectivity index (χ0v) is 19.9. The molecule has 2 fully saturated rings. The van der Waals surface area contributed by atoms with Crippen molar-refractivity contribution in [2.75, 3.05) is 43.9 Å². The van der Waals surface area contributed by atoms with E-state index in [-0.39, 0.29) is 11.8 Å². The number of aromatic nitrogens is 2. The van der Waals surface area contributed by atoms with Gasteiger partial charge >= 0.3 is 0 Å². The molecule has 0 radical (unpaired) electrons. The second-order valence-corrected chi connectivity index (χ2v) is 10.3. The minimum Gasteiger partial charge on any atom is -0.497 e. The Bertz CT molecular complexity index is 907. The van der Waals surface area contributed by atoms with Gasteiger partial charge in [-0.05, 0) is 30.5 Å². The monoisotopic (exact) mass is 475 g/mol. The Labute approximate surface area is 196 Å². The van der Waals surface area contributed by atoms with Crippen LogP contribution in [0.1, 0.15) is 31.2 Å². The number of ether oxygens (including phenoxy) is 1. The van der Waals surface area contributed by atoms with Crippen LogP contribution in [-0.4, -0.2) is 72.0 Å². The number of methoxy groups -OCH3 is 1. The third-order valence-electron chi connectivity index (χ3n) is 5.86. The molecule has 1 aliphatic heterocycles. The zero-order valence-electron chi connectivity index (χ0n) is 18.3.